The van der Waals surface area contributed by atoms with E-state index < -0.39 is 0 Å². The van der Waals surface area contributed by atoms with Crippen molar-refractivity contribution in [3.63, 3.8) is 0 Å². The molecule has 1 aromatic carbocycles. The number of nitrogens with one attached hydrogen (secondary N) is 2. The smallest absolute Gasteiger partial charge is 0.227 e. The lowest BCUT2D eigenvalue weighted by Crippen LogP contribution is -2.48. The lowest BCUT2D eigenvalue weighted by Gasteiger charge is -2.32. The monoisotopic (exact) mass is 287 g/mol. The third-order valence-corrected chi connectivity index (χ3v) is 4.48. The normalized spacial score (nSPS) is 21.0. The van der Waals surface area contributed by atoms with Crippen LogP contribution in [-0.2, 0) is 11.2 Å². The fourth-order valence-electron chi connectivity index (χ4n) is 2.91. The van der Waals surface area contributed by atoms with Crippen molar-refractivity contribution in [1.82, 2.24) is 10.2 Å². The van der Waals surface area contributed by atoms with Gasteiger partial charge in [-0.3, -0.25) is 9.69 Å². The van der Waals surface area contributed by atoms with Crippen LogP contribution in [0.3, 0.4) is 0 Å². The summed E-state index contributed by atoms with van der Waals surface area (Å²) < 4.78 is 0. The van der Waals surface area contributed by atoms with Crippen molar-refractivity contribution in [1.29, 1.82) is 0 Å². The molecule has 0 spiro atoms. The summed E-state index contributed by atoms with van der Waals surface area (Å²) in [7, 11) is 0. The summed E-state index contributed by atoms with van der Waals surface area (Å²) >= 11 is 0. The molecule has 0 radical (unpaired) electrons. The Morgan fingerprint density at radius 1 is 1.29 bits per heavy atom. The second-order valence-corrected chi connectivity index (χ2v) is 6.30. The summed E-state index contributed by atoms with van der Waals surface area (Å²) in [6, 6.07) is 8.90. The average Bonchev–Trinajstić information content (AvgIpc) is 3.35. The Morgan fingerprint density at radius 2 is 1.95 bits per heavy atom. The van der Waals surface area contributed by atoms with Gasteiger partial charge < -0.3 is 10.6 Å². The number of nitrogens with zero attached hydrogens (tertiary/aromatic N) is 1. The minimum Gasteiger partial charge on any atom is -0.326 e. The van der Waals surface area contributed by atoms with Gasteiger partial charge in [-0.2, -0.15) is 0 Å². The van der Waals surface area contributed by atoms with E-state index in [0.29, 0.717) is 6.04 Å². The molecule has 21 heavy (non-hydrogen) atoms. The summed E-state index contributed by atoms with van der Waals surface area (Å²) in [5.74, 6) is 0.439. The number of benzene rings is 1. The van der Waals surface area contributed by atoms with Crippen molar-refractivity contribution >= 4 is 11.6 Å². The van der Waals surface area contributed by atoms with Crippen LogP contribution in [0.2, 0.25) is 0 Å². The van der Waals surface area contributed by atoms with Gasteiger partial charge in [-0.15, -0.1) is 0 Å². The van der Waals surface area contributed by atoms with Gasteiger partial charge in [0, 0.05) is 43.8 Å². The van der Waals surface area contributed by atoms with Crippen LogP contribution < -0.4 is 10.6 Å². The van der Waals surface area contributed by atoms with Gasteiger partial charge in [-0.05, 0) is 43.9 Å². The van der Waals surface area contributed by atoms with E-state index in [4.69, 9.17) is 0 Å². The fourth-order valence-corrected chi connectivity index (χ4v) is 2.91. The van der Waals surface area contributed by atoms with E-state index in [-0.39, 0.29) is 11.8 Å². The van der Waals surface area contributed by atoms with Crippen molar-refractivity contribution in [3.8, 4) is 0 Å². The summed E-state index contributed by atoms with van der Waals surface area (Å²) in [6.45, 7) is 6.76. The minimum absolute atomic E-state index is 0.178. The molecule has 0 bridgehead atoms. The number of amides is 1. The molecule has 1 aliphatic carbocycles. The largest absolute Gasteiger partial charge is 0.326 e. The Balaban J connectivity index is 1.52. The van der Waals surface area contributed by atoms with Crippen LogP contribution in [0.4, 0.5) is 5.69 Å². The molecular weight excluding hydrogens is 262 g/mol. The first-order valence-corrected chi connectivity index (χ1v) is 8.07. The third-order valence-electron chi connectivity index (χ3n) is 4.48. The van der Waals surface area contributed by atoms with E-state index in [1.807, 2.05) is 12.1 Å². The fraction of sp³-hybridized carbons (Fsp3) is 0.588. The van der Waals surface area contributed by atoms with E-state index >= 15 is 0 Å². The van der Waals surface area contributed by atoms with Crippen LogP contribution in [0.5, 0.6) is 0 Å². The van der Waals surface area contributed by atoms with Crippen LogP contribution in [0.1, 0.15) is 25.3 Å². The summed E-state index contributed by atoms with van der Waals surface area (Å²) in [5, 5.41) is 6.38. The van der Waals surface area contributed by atoms with E-state index in [1.54, 1.807) is 0 Å². The number of carbonyl (C=O) groups excluding carboxylic acids is 1. The first-order valence-electron chi connectivity index (χ1n) is 8.07. The van der Waals surface area contributed by atoms with Crippen molar-refractivity contribution in [2.24, 2.45) is 5.92 Å². The van der Waals surface area contributed by atoms with Gasteiger partial charge >= 0.3 is 0 Å². The van der Waals surface area contributed by atoms with Gasteiger partial charge in [0.15, 0.2) is 0 Å². The number of hydrogen-bond acceptors (Lipinski definition) is 3. The number of hydrogen-bond donors (Lipinski definition) is 2. The molecule has 1 heterocycles. The highest BCUT2D eigenvalue weighted by Crippen LogP contribution is 2.30. The topological polar surface area (TPSA) is 44.4 Å². The number of carbonyl (C=O) groups is 1. The Morgan fingerprint density at radius 3 is 2.57 bits per heavy atom. The van der Waals surface area contributed by atoms with Gasteiger partial charge in [0.25, 0.3) is 0 Å². The van der Waals surface area contributed by atoms with E-state index in [1.165, 1.54) is 5.56 Å². The molecule has 2 N–H and O–H groups in total. The molecule has 1 saturated heterocycles. The second-order valence-electron chi connectivity index (χ2n) is 6.30. The molecular formula is C17H25N3O. The molecule has 114 valence electrons. The lowest BCUT2D eigenvalue weighted by molar-refractivity contribution is -0.117. The lowest BCUT2D eigenvalue weighted by atomic mass is 10.0. The van der Waals surface area contributed by atoms with Crippen molar-refractivity contribution in [3.05, 3.63) is 29.8 Å². The van der Waals surface area contributed by atoms with Crippen molar-refractivity contribution < 1.29 is 4.79 Å². The van der Waals surface area contributed by atoms with Crippen LogP contribution in [0.15, 0.2) is 24.3 Å². The molecule has 4 heteroatoms. The number of piperazine rings is 1. The minimum atomic E-state index is 0.178. The molecule has 4 nitrogen and oxygen atoms in total. The van der Waals surface area contributed by atoms with Gasteiger partial charge in [0.05, 0.1) is 0 Å². The van der Waals surface area contributed by atoms with Crippen molar-refractivity contribution in [2.75, 3.05) is 31.5 Å². The zero-order chi connectivity index (χ0) is 14.7. The van der Waals surface area contributed by atoms with Crippen LogP contribution in [-0.4, -0.2) is 43.0 Å². The maximum absolute atomic E-state index is 11.7. The van der Waals surface area contributed by atoms with E-state index in [2.05, 4.69) is 34.6 Å². The quantitative estimate of drug-likeness (QED) is 0.869. The Bertz CT molecular complexity index is 475. The molecule has 3 rings (SSSR count). The molecule has 0 aromatic heterocycles. The molecule has 1 aliphatic heterocycles. The Labute approximate surface area is 126 Å². The molecule has 1 unspecified atom stereocenters. The number of rotatable bonds is 5. The number of anilines is 1. The van der Waals surface area contributed by atoms with Gasteiger partial charge in [0.2, 0.25) is 5.91 Å². The highest BCUT2D eigenvalue weighted by Gasteiger charge is 2.29. The molecule has 1 saturated carbocycles. The second kappa shape index (κ2) is 6.58. The van der Waals surface area contributed by atoms with Crippen LogP contribution >= 0.6 is 0 Å². The molecule has 1 aromatic rings. The molecule has 2 aliphatic rings. The van der Waals surface area contributed by atoms with Gasteiger partial charge in [-0.25, -0.2) is 0 Å². The zero-order valence-electron chi connectivity index (χ0n) is 12.8. The molecule has 2 fully saturated rings. The van der Waals surface area contributed by atoms with Crippen LogP contribution in [0.25, 0.3) is 0 Å². The summed E-state index contributed by atoms with van der Waals surface area (Å²) in [5.41, 5.74) is 2.26. The highest BCUT2D eigenvalue weighted by molar-refractivity contribution is 5.93. The molecule has 1 atom stereocenters. The van der Waals surface area contributed by atoms with Gasteiger partial charge in [0.1, 0.15) is 0 Å². The zero-order valence-corrected chi connectivity index (χ0v) is 12.8. The summed E-state index contributed by atoms with van der Waals surface area (Å²) in [4.78, 5) is 14.3. The Kier molecular flexibility index (Phi) is 4.56. The third kappa shape index (κ3) is 4.05. The van der Waals surface area contributed by atoms with Crippen LogP contribution in [0, 0.1) is 5.92 Å². The standard InChI is InChI=1S/C17H25N3O/c1-13(20-10-8-18-9-11-20)12-14-2-6-16(7-3-14)19-17(21)15-4-5-15/h2-3,6-7,13,15,18H,4-5,8-12H2,1H3,(H,19,21). The summed E-state index contributed by atoms with van der Waals surface area (Å²) in [6.07, 6.45) is 3.16. The SMILES string of the molecule is CC(Cc1ccc(NC(=O)C2CC2)cc1)N1CCNCC1. The van der Waals surface area contributed by atoms with Gasteiger partial charge in [-0.1, -0.05) is 12.1 Å². The Hall–Kier alpha value is -1.39. The average molecular weight is 287 g/mol. The maximum atomic E-state index is 11.7. The highest BCUT2D eigenvalue weighted by atomic mass is 16.2. The van der Waals surface area contributed by atoms with E-state index in [0.717, 1.165) is 51.1 Å². The maximum Gasteiger partial charge on any atom is 0.227 e. The predicted octanol–water partition coefficient (Wildman–Crippen LogP) is 1.87. The first kappa shape index (κ1) is 14.5. The first-order chi connectivity index (χ1) is 10.2. The predicted molar refractivity (Wildman–Crippen MR) is 85.4 cm³/mol. The van der Waals surface area contributed by atoms with E-state index in [9.17, 15) is 4.79 Å². The molecule has 1 amide bonds. The van der Waals surface area contributed by atoms with Crippen molar-refractivity contribution in [2.45, 2.75) is 32.2 Å².